The third-order valence-corrected chi connectivity index (χ3v) is 3.23. The van der Waals surface area contributed by atoms with Gasteiger partial charge in [-0.25, -0.2) is 0 Å². The Kier molecular flexibility index (Phi) is 3.93. The molecule has 0 saturated carbocycles. The number of thioether (sulfide) groups is 1. The molecule has 0 fully saturated rings. The maximum absolute atomic E-state index is 10.6. The van der Waals surface area contributed by atoms with Crippen molar-refractivity contribution in [2.24, 2.45) is 0 Å². The normalized spacial score (nSPS) is 14.3. The highest BCUT2D eigenvalue weighted by Crippen LogP contribution is 2.27. The lowest BCUT2D eigenvalue weighted by Crippen LogP contribution is -2.33. The highest BCUT2D eigenvalue weighted by atomic mass is 32.2. The number of hydrogen-bond donors (Lipinski definition) is 0. The van der Waals surface area contributed by atoms with Crippen LogP contribution in [0.25, 0.3) is 0 Å². The molecule has 0 aromatic carbocycles. The van der Waals surface area contributed by atoms with Crippen molar-refractivity contribution in [3.05, 3.63) is 0 Å². The van der Waals surface area contributed by atoms with Crippen molar-refractivity contribution < 1.29 is 9.53 Å². The van der Waals surface area contributed by atoms with Crippen molar-refractivity contribution in [1.82, 2.24) is 0 Å². The summed E-state index contributed by atoms with van der Waals surface area (Å²) in [5, 5.41) is 0. The molecule has 0 rings (SSSR count). The fourth-order valence-corrected chi connectivity index (χ4v) is 0.937. The van der Waals surface area contributed by atoms with Gasteiger partial charge in [0, 0.05) is 11.7 Å². The predicted molar refractivity (Wildman–Crippen MR) is 48.8 cm³/mol. The smallest absolute Gasteiger partial charge is 0.302 e. The molecule has 0 amide bonds. The number of carbonyl (C=O) groups is 1. The van der Waals surface area contributed by atoms with Gasteiger partial charge in [-0.1, -0.05) is 0 Å². The molecule has 0 heterocycles. The van der Waals surface area contributed by atoms with E-state index in [0.29, 0.717) is 0 Å². The van der Waals surface area contributed by atoms with E-state index in [4.69, 9.17) is 4.74 Å². The summed E-state index contributed by atoms with van der Waals surface area (Å²) in [5.74, 6) is -0.209. The second-order valence-corrected chi connectivity index (χ2v) is 4.52. The second kappa shape index (κ2) is 4.00. The molecule has 1 atom stereocenters. The van der Waals surface area contributed by atoms with E-state index in [9.17, 15) is 4.79 Å². The lowest BCUT2D eigenvalue weighted by molar-refractivity contribution is -0.146. The van der Waals surface area contributed by atoms with E-state index in [1.54, 1.807) is 11.8 Å². The lowest BCUT2D eigenvalue weighted by atomic mass is 10.1. The van der Waals surface area contributed by atoms with Gasteiger partial charge in [0.2, 0.25) is 0 Å². The zero-order valence-electron chi connectivity index (χ0n) is 7.80. The van der Waals surface area contributed by atoms with Crippen molar-refractivity contribution in [3.63, 3.8) is 0 Å². The third kappa shape index (κ3) is 3.65. The van der Waals surface area contributed by atoms with Gasteiger partial charge in [-0.3, -0.25) is 4.79 Å². The monoisotopic (exact) mass is 176 g/mol. The van der Waals surface area contributed by atoms with E-state index >= 15 is 0 Å². The van der Waals surface area contributed by atoms with E-state index in [1.807, 2.05) is 13.2 Å². The molecule has 0 spiro atoms. The minimum Gasteiger partial charge on any atom is -0.461 e. The van der Waals surface area contributed by atoms with Crippen LogP contribution in [0.4, 0.5) is 0 Å². The molecular formula is C8H16O2S. The largest absolute Gasteiger partial charge is 0.461 e. The summed E-state index contributed by atoms with van der Waals surface area (Å²) < 4.78 is 5.05. The van der Waals surface area contributed by atoms with Crippen LogP contribution in [0.5, 0.6) is 0 Å². The number of ether oxygens (including phenoxy) is 1. The summed E-state index contributed by atoms with van der Waals surface area (Å²) in [4.78, 5) is 10.6. The standard InChI is InChI=1S/C8H16O2S/c1-6(10-7(2)9)8(3,4)11-5/h6H,1-5H3. The fourth-order valence-electron chi connectivity index (χ4n) is 0.557. The number of rotatable bonds is 3. The number of hydrogen-bond acceptors (Lipinski definition) is 3. The Balaban J connectivity index is 4.01. The molecule has 11 heavy (non-hydrogen) atoms. The summed E-state index contributed by atoms with van der Waals surface area (Å²) in [6.07, 6.45) is 1.98. The number of carbonyl (C=O) groups excluding carboxylic acids is 1. The van der Waals surface area contributed by atoms with Crippen LogP contribution >= 0.6 is 11.8 Å². The zero-order valence-corrected chi connectivity index (χ0v) is 8.62. The van der Waals surface area contributed by atoms with Gasteiger partial charge in [0.25, 0.3) is 0 Å². The van der Waals surface area contributed by atoms with Crippen molar-refractivity contribution in [1.29, 1.82) is 0 Å². The minimum absolute atomic E-state index is 0.00562. The molecule has 3 heteroatoms. The van der Waals surface area contributed by atoms with E-state index in [0.717, 1.165) is 0 Å². The Bertz CT molecular complexity index is 143. The topological polar surface area (TPSA) is 26.3 Å². The SMILES string of the molecule is CSC(C)(C)C(C)OC(C)=O. The Morgan fingerprint density at radius 1 is 1.55 bits per heavy atom. The lowest BCUT2D eigenvalue weighted by Gasteiger charge is -2.28. The molecule has 0 radical (unpaired) electrons. The van der Waals surface area contributed by atoms with Gasteiger partial charge >= 0.3 is 5.97 Å². The summed E-state index contributed by atoms with van der Waals surface area (Å²) in [6.45, 7) is 7.47. The zero-order chi connectivity index (χ0) is 9.07. The van der Waals surface area contributed by atoms with E-state index in [1.165, 1.54) is 6.92 Å². The molecule has 0 bridgehead atoms. The quantitative estimate of drug-likeness (QED) is 0.616. The second-order valence-electron chi connectivity index (χ2n) is 3.06. The molecule has 0 aliphatic heterocycles. The first-order chi connectivity index (χ1) is 4.90. The Morgan fingerprint density at radius 2 is 2.00 bits per heavy atom. The molecule has 1 unspecified atom stereocenters. The predicted octanol–water partition coefficient (Wildman–Crippen LogP) is 2.08. The first kappa shape index (κ1) is 10.8. The van der Waals surface area contributed by atoms with Crippen molar-refractivity contribution in [3.8, 4) is 0 Å². The van der Waals surface area contributed by atoms with Gasteiger partial charge < -0.3 is 4.74 Å². The summed E-state index contributed by atoms with van der Waals surface area (Å²) >= 11 is 1.70. The third-order valence-electron chi connectivity index (χ3n) is 1.85. The Labute approximate surface area is 72.7 Å². The summed E-state index contributed by atoms with van der Waals surface area (Å²) in [5.41, 5.74) is 0. The Hall–Kier alpha value is -0.180. The van der Waals surface area contributed by atoms with Crippen LogP contribution in [0.2, 0.25) is 0 Å². The molecule has 0 N–H and O–H groups in total. The van der Waals surface area contributed by atoms with Crippen LogP contribution in [0.1, 0.15) is 27.7 Å². The van der Waals surface area contributed by atoms with Gasteiger partial charge in [-0.2, -0.15) is 11.8 Å². The molecule has 0 aliphatic carbocycles. The van der Waals surface area contributed by atoms with E-state index in [2.05, 4.69) is 13.8 Å². The average Bonchev–Trinajstić information content (AvgIpc) is 1.86. The molecule has 2 nitrogen and oxygen atoms in total. The van der Waals surface area contributed by atoms with Gasteiger partial charge in [-0.05, 0) is 27.0 Å². The summed E-state index contributed by atoms with van der Waals surface area (Å²) in [7, 11) is 0. The first-order valence-corrected chi connectivity index (χ1v) is 4.85. The van der Waals surface area contributed by atoms with Crippen molar-refractivity contribution in [2.45, 2.75) is 38.5 Å². The molecule has 66 valence electrons. The van der Waals surface area contributed by atoms with Crippen molar-refractivity contribution in [2.75, 3.05) is 6.26 Å². The van der Waals surface area contributed by atoms with Crippen LogP contribution in [0.3, 0.4) is 0 Å². The molecular weight excluding hydrogens is 160 g/mol. The van der Waals surface area contributed by atoms with Crippen LogP contribution in [-0.4, -0.2) is 23.1 Å². The number of esters is 1. The van der Waals surface area contributed by atoms with Crippen LogP contribution in [0.15, 0.2) is 0 Å². The first-order valence-electron chi connectivity index (χ1n) is 3.62. The highest BCUT2D eigenvalue weighted by Gasteiger charge is 2.26. The maximum Gasteiger partial charge on any atom is 0.302 e. The fraction of sp³-hybridized carbons (Fsp3) is 0.875. The van der Waals surface area contributed by atoms with Crippen LogP contribution in [0, 0.1) is 0 Å². The van der Waals surface area contributed by atoms with Gasteiger partial charge in [0.05, 0.1) is 0 Å². The van der Waals surface area contributed by atoms with Crippen LogP contribution in [-0.2, 0) is 9.53 Å². The van der Waals surface area contributed by atoms with E-state index in [-0.39, 0.29) is 16.8 Å². The van der Waals surface area contributed by atoms with Gasteiger partial charge in [0.15, 0.2) is 0 Å². The average molecular weight is 176 g/mol. The van der Waals surface area contributed by atoms with Gasteiger partial charge in [0.1, 0.15) is 6.10 Å². The van der Waals surface area contributed by atoms with E-state index < -0.39 is 0 Å². The molecule has 0 aromatic heterocycles. The summed E-state index contributed by atoms with van der Waals surface area (Å²) in [6, 6.07) is 0. The molecule has 0 saturated heterocycles. The minimum atomic E-state index is -0.209. The molecule has 0 aliphatic rings. The van der Waals surface area contributed by atoms with Crippen molar-refractivity contribution >= 4 is 17.7 Å². The maximum atomic E-state index is 10.6. The van der Waals surface area contributed by atoms with Gasteiger partial charge in [-0.15, -0.1) is 0 Å². The van der Waals surface area contributed by atoms with Crippen LogP contribution < -0.4 is 0 Å². The highest BCUT2D eigenvalue weighted by molar-refractivity contribution is 8.00. The Morgan fingerprint density at radius 3 is 2.27 bits per heavy atom. The molecule has 0 aromatic rings.